The average Bonchev–Trinajstić information content (AvgIpc) is 3.31. The number of benzene rings is 2. The monoisotopic (exact) mass is 450 g/mol. The van der Waals surface area contributed by atoms with Crippen molar-refractivity contribution in [3.63, 3.8) is 0 Å². The second-order valence-electron chi connectivity index (χ2n) is 8.96. The molecular weight excluding hydrogens is 416 g/mol. The van der Waals surface area contributed by atoms with Crippen molar-refractivity contribution in [2.24, 2.45) is 0 Å². The van der Waals surface area contributed by atoms with Gasteiger partial charge >= 0.3 is 0 Å². The van der Waals surface area contributed by atoms with E-state index in [1.54, 1.807) is 4.90 Å². The molecule has 0 bridgehead atoms. The molecule has 0 aromatic heterocycles. The summed E-state index contributed by atoms with van der Waals surface area (Å²) in [6.45, 7) is 2.64. The Bertz CT molecular complexity index is 940. The Hall–Kier alpha value is -3.02. The lowest BCUT2D eigenvalue weighted by Crippen LogP contribution is -2.51. The van der Waals surface area contributed by atoms with Crippen LogP contribution in [-0.4, -0.2) is 35.6 Å². The molecular formula is C27H34N2O4. The summed E-state index contributed by atoms with van der Waals surface area (Å²) in [7, 11) is 0. The molecule has 1 aliphatic carbocycles. The molecule has 2 aromatic rings. The Labute approximate surface area is 196 Å². The van der Waals surface area contributed by atoms with Crippen molar-refractivity contribution in [1.29, 1.82) is 0 Å². The molecule has 1 atom stereocenters. The van der Waals surface area contributed by atoms with Gasteiger partial charge in [-0.25, -0.2) is 0 Å². The molecule has 0 unspecified atom stereocenters. The van der Waals surface area contributed by atoms with Gasteiger partial charge in [-0.15, -0.1) is 0 Å². The minimum Gasteiger partial charge on any atom is -0.454 e. The maximum Gasteiger partial charge on any atom is 0.243 e. The van der Waals surface area contributed by atoms with Crippen molar-refractivity contribution in [2.75, 3.05) is 6.79 Å². The van der Waals surface area contributed by atoms with Gasteiger partial charge in [0, 0.05) is 19.0 Å². The van der Waals surface area contributed by atoms with E-state index in [1.165, 1.54) is 6.42 Å². The largest absolute Gasteiger partial charge is 0.454 e. The van der Waals surface area contributed by atoms with Gasteiger partial charge in [0.2, 0.25) is 18.6 Å². The van der Waals surface area contributed by atoms with Crippen molar-refractivity contribution in [1.82, 2.24) is 10.2 Å². The minimum absolute atomic E-state index is 0.0119. The van der Waals surface area contributed by atoms with E-state index in [1.807, 2.05) is 55.5 Å². The number of ether oxygens (including phenoxy) is 2. The van der Waals surface area contributed by atoms with Gasteiger partial charge in [0.25, 0.3) is 0 Å². The highest BCUT2D eigenvalue weighted by Gasteiger charge is 2.30. The van der Waals surface area contributed by atoms with Crippen molar-refractivity contribution >= 4 is 11.8 Å². The van der Waals surface area contributed by atoms with Crippen LogP contribution in [0.5, 0.6) is 11.5 Å². The van der Waals surface area contributed by atoms with Crippen molar-refractivity contribution in [2.45, 2.75) is 76.9 Å². The van der Waals surface area contributed by atoms with Crippen LogP contribution >= 0.6 is 0 Å². The van der Waals surface area contributed by atoms with Crippen LogP contribution in [0.25, 0.3) is 0 Å². The van der Waals surface area contributed by atoms with E-state index in [9.17, 15) is 9.59 Å². The number of fused-ring (bicyclic) bond motifs is 1. The molecule has 1 N–H and O–H groups in total. The van der Waals surface area contributed by atoms with Gasteiger partial charge in [-0.2, -0.15) is 0 Å². The zero-order valence-corrected chi connectivity index (χ0v) is 19.4. The number of hydrogen-bond donors (Lipinski definition) is 1. The summed E-state index contributed by atoms with van der Waals surface area (Å²) in [5.41, 5.74) is 2.05. The van der Waals surface area contributed by atoms with E-state index in [4.69, 9.17) is 9.47 Å². The number of aryl methyl sites for hydroxylation is 1. The topological polar surface area (TPSA) is 67.9 Å². The molecule has 4 rings (SSSR count). The third-order valence-corrected chi connectivity index (χ3v) is 6.60. The van der Waals surface area contributed by atoms with E-state index < -0.39 is 6.04 Å². The van der Waals surface area contributed by atoms with Crippen LogP contribution < -0.4 is 14.8 Å². The fraction of sp³-hybridized carbons (Fsp3) is 0.481. The summed E-state index contributed by atoms with van der Waals surface area (Å²) in [6.07, 6.45) is 7.11. The van der Waals surface area contributed by atoms with Gasteiger partial charge < -0.3 is 19.7 Å². The summed E-state index contributed by atoms with van der Waals surface area (Å²) in [5, 5.41) is 3.23. The van der Waals surface area contributed by atoms with E-state index in [0.717, 1.165) is 48.3 Å². The smallest absolute Gasteiger partial charge is 0.243 e. The fourth-order valence-corrected chi connectivity index (χ4v) is 4.74. The molecule has 176 valence electrons. The summed E-state index contributed by atoms with van der Waals surface area (Å²) in [5.74, 6) is 1.42. The summed E-state index contributed by atoms with van der Waals surface area (Å²) in [4.78, 5) is 28.5. The van der Waals surface area contributed by atoms with Gasteiger partial charge in [-0.1, -0.05) is 62.6 Å². The number of amides is 2. The Balaban J connectivity index is 1.46. The normalized spacial score (nSPS) is 16.3. The number of hydrogen-bond acceptors (Lipinski definition) is 4. The Morgan fingerprint density at radius 1 is 1.00 bits per heavy atom. The lowest BCUT2D eigenvalue weighted by Gasteiger charge is -2.33. The van der Waals surface area contributed by atoms with Gasteiger partial charge in [0.05, 0.1) is 0 Å². The summed E-state index contributed by atoms with van der Waals surface area (Å²) >= 11 is 0. The van der Waals surface area contributed by atoms with Gasteiger partial charge in [0.1, 0.15) is 6.04 Å². The van der Waals surface area contributed by atoms with Crippen molar-refractivity contribution < 1.29 is 19.1 Å². The number of nitrogens with zero attached hydrogens (tertiary/aromatic N) is 1. The molecule has 1 aliphatic heterocycles. The van der Waals surface area contributed by atoms with E-state index >= 15 is 0 Å². The lowest BCUT2D eigenvalue weighted by molar-refractivity contribution is -0.141. The van der Waals surface area contributed by atoms with Crippen LogP contribution in [0.3, 0.4) is 0 Å². The summed E-state index contributed by atoms with van der Waals surface area (Å²) in [6, 6.07) is 15.4. The second-order valence-corrected chi connectivity index (χ2v) is 8.96. The molecule has 1 fully saturated rings. The fourth-order valence-electron chi connectivity index (χ4n) is 4.74. The summed E-state index contributed by atoms with van der Waals surface area (Å²) < 4.78 is 10.8. The Morgan fingerprint density at radius 2 is 1.76 bits per heavy atom. The molecule has 33 heavy (non-hydrogen) atoms. The number of rotatable bonds is 9. The number of nitrogens with one attached hydrogen (secondary N) is 1. The van der Waals surface area contributed by atoms with Gasteiger partial charge in [-0.05, 0) is 48.9 Å². The molecule has 0 saturated heterocycles. The first-order valence-electron chi connectivity index (χ1n) is 12.2. The Morgan fingerprint density at radius 3 is 2.52 bits per heavy atom. The van der Waals surface area contributed by atoms with Gasteiger partial charge in [0.15, 0.2) is 11.5 Å². The molecule has 6 nitrogen and oxygen atoms in total. The molecule has 2 amide bonds. The molecule has 0 radical (unpaired) electrons. The highest BCUT2D eigenvalue weighted by Crippen LogP contribution is 2.33. The standard InChI is InChI=1S/C27H34N2O4/c1-2-23(27(31)28-22-11-7-4-8-12-22)29(18-21-9-5-3-6-10-21)26(30)16-14-20-13-15-24-25(17-20)33-19-32-24/h3,5-6,9-10,13,15,17,22-23H,2,4,7-8,11-12,14,16,18-19H2,1H3,(H,28,31)/t23-/m1/s1. The maximum absolute atomic E-state index is 13.4. The first kappa shape index (κ1) is 23.1. The zero-order chi connectivity index (χ0) is 23.0. The lowest BCUT2D eigenvalue weighted by atomic mass is 9.95. The van der Waals surface area contributed by atoms with Crippen LogP contribution in [-0.2, 0) is 22.6 Å². The Kier molecular flexibility index (Phi) is 7.87. The van der Waals surface area contributed by atoms with Crippen LogP contribution in [0.1, 0.15) is 63.0 Å². The van der Waals surface area contributed by atoms with E-state index in [-0.39, 0.29) is 24.6 Å². The predicted octanol–water partition coefficient (Wildman–Crippen LogP) is 4.60. The van der Waals surface area contributed by atoms with Crippen molar-refractivity contribution in [3.05, 3.63) is 59.7 Å². The van der Waals surface area contributed by atoms with Crippen LogP contribution in [0.4, 0.5) is 0 Å². The van der Waals surface area contributed by atoms with Crippen molar-refractivity contribution in [3.8, 4) is 11.5 Å². The van der Waals surface area contributed by atoms with Crippen LogP contribution in [0.15, 0.2) is 48.5 Å². The first-order valence-corrected chi connectivity index (χ1v) is 12.2. The molecule has 2 aromatic carbocycles. The molecule has 0 spiro atoms. The third kappa shape index (κ3) is 6.06. The average molecular weight is 451 g/mol. The minimum atomic E-state index is -0.476. The highest BCUT2D eigenvalue weighted by atomic mass is 16.7. The first-order chi connectivity index (χ1) is 16.1. The highest BCUT2D eigenvalue weighted by molar-refractivity contribution is 5.88. The molecule has 6 heteroatoms. The molecule has 1 heterocycles. The molecule has 1 saturated carbocycles. The number of carbonyl (C=O) groups is 2. The van der Waals surface area contributed by atoms with E-state index in [2.05, 4.69) is 5.32 Å². The van der Waals surface area contributed by atoms with Crippen LogP contribution in [0, 0.1) is 0 Å². The van der Waals surface area contributed by atoms with Crippen LogP contribution in [0.2, 0.25) is 0 Å². The maximum atomic E-state index is 13.4. The van der Waals surface area contributed by atoms with Gasteiger partial charge in [-0.3, -0.25) is 9.59 Å². The molecule has 2 aliphatic rings. The number of carbonyl (C=O) groups excluding carboxylic acids is 2. The quantitative estimate of drug-likeness (QED) is 0.606. The third-order valence-electron chi connectivity index (χ3n) is 6.60. The SMILES string of the molecule is CC[C@H](C(=O)NC1CCCCC1)N(Cc1ccccc1)C(=O)CCc1ccc2c(c1)OCO2. The predicted molar refractivity (Wildman–Crippen MR) is 127 cm³/mol. The zero-order valence-electron chi connectivity index (χ0n) is 19.4. The van der Waals surface area contributed by atoms with E-state index in [0.29, 0.717) is 25.8 Å². The second kappa shape index (κ2) is 11.2.